The molecule has 0 aliphatic rings. The minimum atomic E-state index is -3.23. The quantitative estimate of drug-likeness (QED) is 0.736. The maximum atomic E-state index is 12.6. The molecule has 6 nitrogen and oxygen atoms in total. The van der Waals surface area contributed by atoms with E-state index in [4.69, 9.17) is 11.8 Å². The number of halogens is 3. The van der Waals surface area contributed by atoms with Gasteiger partial charge in [0.15, 0.2) is 9.84 Å². The Morgan fingerprint density at radius 3 is 2.24 bits per heavy atom. The summed E-state index contributed by atoms with van der Waals surface area (Å²) in [5, 5.41) is 0. The van der Waals surface area contributed by atoms with E-state index in [-0.39, 0.29) is 18.1 Å². The normalized spacial score (nSPS) is 11.5. The molecule has 0 unspecified atom stereocenters. The van der Waals surface area contributed by atoms with Gasteiger partial charge in [-0.3, -0.25) is 4.42 Å². The molecule has 0 saturated carbocycles. The van der Waals surface area contributed by atoms with Crippen LogP contribution >= 0.6 is 11.8 Å². The smallest absolute Gasteiger partial charge is 0.252 e. The second-order valence-corrected chi connectivity index (χ2v) is 5.88. The highest BCUT2D eigenvalue weighted by Gasteiger charge is 2.15. The molecule has 0 radical (unpaired) electrons. The van der Waals surface area contributed by atoms with Crippen LogP contribution in [0.3, 0.4) is 0 Å². The topological polar surface area (TPSA) is 76.1 Å². The van der Waals surface area contributed by atoms with Crippen LogP contribution in [0.2, 0.25) is 0 Å². The molecule has 1 aromatic heterocycles. The van der Waals surface area contributed by atoms with E-state index in [0.717, 1.165) is 4.42 Å². The average molecular weight is 287 g/mol. The SMILES string of the molecule is CCS(=O)(=O)CCN(Cl)c1nc(F)nc(F)n1. The molecule has 1 heterocycles. The van der Waals surface area contributed by atoms with Crippen molar-refractivity contribution in [2.45, 2.75) is 6.92 Å². The molecule has 10 heteroatoms. The number of rotatable bonds is 5. The van der Waals surface area contributed by atoms with Crippen molar-refractivity contribution in [3.8, 4) is 0 Å². The Hall–Kier alpha value is -1.09. The van der Waals surface area contributed by atoms with Gasteiger partial charge >= 0.3 is 12.2 Å². The van der Waals surface area contributed by atoms with E-state index in [0.29, 0.717) is 0 Å². The van der Waals surface area contributed by atoms with E-state index in [1.54, 1.807) is 0 Å². The maximum absolute atomic E-state index is 12.6. The summed E-state index contributed by atoms with van der Waals surface area (Å²) in [5.74, 6) is -0.775. The van der Waals surface area contributed by atoms with Crippen molar-refractivity contribution in [3.05, 3.63) is 12.2 Å². The fourth-order valence-corrected chi connectivity index (χ4v) is 1.90. The molecule has 0 spiro atoms. The molecular weight excluding hydrogens is 278 g/mol. The third-order valence-electron chi connectivity index (χ3n) is 1.82. The molecule has 17 heavy (non-hydrogen) atoms. The molecule has 0 fully saturated rings. The predicted molar refractivity (Wildman–Crippen MR) is 57.3 cm³/mol. The Labute approximate surface area is 102 Å². The monoisotopic (exact) mass is 286 g/mol. The lowest BCUT2D eigenvalue weighted by Crippen LogP contribution is -2.24. The van der Waals surface area contributed by atoms with Gasteiger partial charge in [-0.25, -0.2) is 8.42 Å². The van der Waals surface area contributed by atoms with Crippen LogP contribution < -0.4 is 4.42 Å². The van der Waals surface area contributed by atoms with Gasteiger partial charge in [0.05, 0.1) is 12.3 Å². The highest BCUT2D eigenvalue weighted by molar-refractivity contribution is 7.91. The molecule has 0 aromatic carbocycles. The molecule has 1 rings (SSSR count). The predicted octanol–water partition coefficient (Wildman–Crippen LogP) is 0.545. The number of hydrogen-bond donors (Lipinski definition) is 0. The number of nitrogens with zero attached hydrogens (tertiary/aromatic N) is 4. The Balaban J connectivity index is 2.73. The first-order chi connectivity index (χ1) is 7.84. The van der Waals surface area contributed by atoms with Crippen LogP contribution in [0.15, 0.2) is 0 Å². The molecule has 96 valence electrons. The summed E-state index contributed by atoms with van der Waals surface area (Å²) in [6, 6.07) is 0. The summed E-state index contributed by atoms with van der Waals surface area (Å²) in [7, 11) is -3.23. The van der Waals surface area contributed by atoms with Crippen molar-refractivity contribution in [2.75, 3.05) is 22.5 Å². The van der Waals surface area contributed by atoms with E-state index in [1.165, 1.54) is 6.92 Å². The van der Waals surface area contributed by atoms with E-state index >= 15 is 0 Å². The van der Waals surface area contributed by atoms with Crippen LogP contribution in [0.4, 0.5) is 14.7 Å². The summed E-state index contributed by atoms with van der Waals surface area (Å²) >= 11 is 5.60. The Bertz CT molecular complexity index is 478. The summed E-state index contributed by atoms with van der Waals surface area (Å²) in [4.78, 5) is 8.94. The van der Waals surface area contributed by atoms with Crippen LogP contribution in [0.1, 0.15) is 6.92 Å². The van der Waals surface area contributed by atoms with E-state index in [2.05, 4.69) is 15.0 Å². The zero-order chi connectivity index (χ0) is 13.1. The first kappa shape index (κ1) is 14.0. The van der Waals surface area contributed by atoms with E-state index in [1.807, 2.05) is 0 Å². The molecule has 0 amide bonds. The van der Waals surface area contributed by atoms with Crippen LogP contribution in [-0.4, -0.2) is 41.4 Å². The Morgan fingerprint density at radius 1 is 1.24 bits per heavy atom. The van der Waals surface area contributed by atoms with Gasteiger partial charge < -0.3 is 0 Å². The first-order valence-electron chi connectivity index (χ1n) is 4.55. The summed E-state index contributed by atoms with van der Waals surface area (Å²) in [5.41, 5.74) is 0. The number of anilines is 1. The van der Waals surface area contributed by atoms with Gasteiger partial charge in [-0.15, -0.1) is 0 Å². The minimum absolute atomic E-state index is 0.0440. The second kappa shape index (κ2) is 5.50. The fraction of sp³-hybridized carbons (Fsp3) is 0.571. The van der Waals surface area contributed by atoms with Crippen molar-refractivity contribution < 1.29 is 17.2 Å². The van der Waals surface area contributed by atoms with Crippen molar-refractivity contribution >= 4 is 27.6 Å². The molecule has 0 saturated heterocycles. The number of hydrogen-bond acceptors (Lipinski definition) is 6. The van der Waals surface area contributed by atoms with Gasteiger partial charge in [0.25, 0.3) is 0 Å². The van der Waals surface area contributed by atoms with Gasteiger partial charge in [0.1, 0.15) is 0 Å². The van der Waals surface area contributed by atoms with Crippen molar-refractivity contribution in [2.24, 2.45) is 0 Å². The average Bonchev–Trinajstić information content (AvgIpc) is 2.24. The van der Waals surface area contributed by atoms with Crippen molar-refractivity contribution in [1.82, 2.24) is 15.0 Å². The summed E-state index contributed by atoms with van der Waals surface area (Å²) in [6.07, 6.45) is -2.65. The standard InChI is InChI=1S/C7H9ClF2N4O2S/c1-2-17(15,16)4-3-14(8)7-12-5(9)11-6(10)13-7/h2-4H2,1H3. The van der Waals surface area contributed by atoms with E-state index < -0.39 is 27.9 Å². The third-order valence-corrected chi connectivity index (χ3v) is 3.83. The highest BCUT2D eigenvalue weighted by atomic mass is 35.5. The zero-order valence-corrected chi connectivity index (χ0v) is 10.3. The second-order valence-electron chi connectivity index (χ2n) is 3.00. The molecule has 0 atom stereocenters. The number of aromatic nitrogens is 3. The lowest BCUT2D eigenvalue weighted by molar-refractivity contribution is 0.456. The van der Waals surface area contributed by atoms with Gasteiger partial charge in [0.2, 0.25) is 5.95 Å². The minimum Gasteiger partial charge on any atom is -0.252 e. The van der Waals surface area contributed by atoms with Gasteiger partial charge in [0, 0.05) is 17.5 Å². The van der Waals surface area contributed by atoms with Crippen molar-refractivity contribution in [1.29, 1.82) is 0 Å². The maximum Gasteiger partial charge on any atom is 0.315 e. The largest absolute Gasteiger partial charge is 0.315 e. The molecule has 0 aliphatic carbocycles. The lowest BCUT2D eigenvalue weighted by atomic mass is 10.7. The molecule has 0 bridgehead atoms. The van der Waals surface area contributed by atoms with Crippen LogP contribution in [0.25, 0.3) is 0 Å². The van der Waals surface area contributed by atoms with E-state index in [9.17, 15) is 17.2 Å². The van der Waals surface area contributed by atoms with Crippen LogP contribution in [0.5, 0.6) is 0 Å². The molecule has 0 aliphatic heterocycles. The van der Waals surface area contributed by atoms with Crippen LogP contribution in [-0.2, 0) is 9.84 Å². The Kier molecular flexibility index (Phi) is 4.52. The van der Waals surface area contributed by atoms with Gasteiger partial charge in [-0.05, 0) is 0 Å². The highest BCUT2D eigenvalue weighted by Crippen LogP contribution is 2.10. The Morgan fingerprint density at radius 2 is 1.76 bits per heavy atom. The van der Waals surface area contributed by atoms with Crippen LogP contribution in [0, 0.1) is 12.2 Å². The molecule has 0 N–H and O–H groups in total. The fourth-order valence-electron chi connectivity index (χ4n) is 0.888. The molecule has 1 aromatic rings. The molecular formula is C7H9ClF2N4O2S. The summed E-state index contributed by atoms with van der Waals surface area (Å²) < 4.78 is 48.3. The third kappa shape index (κ3) is 4.35. The first-order valence-corrected chi connectivity index (χ1v) is 6.71. The summed E-state index contributed by atoms with van der Waals surface area (Å²) in [6.45, 7) is 1.30. The van der Waals surface area contributed by atoms with Gasteiger partial charge in [-0.1, -0.05) is 6.92 Å². The zero-order valence-electron chi connectivity index (χ0n) is 8.77. The van der Waals surface area contributed by atoms with Crippen molar-refractivity contribution in [3.63, 3.8) is 0 Å². The number of sulfone groups is 1. The van der Waals surface area contributed by atoms with Gasteiger partial charge in [-0.2, -0.15) is 23.7 Å². The lowest BCUT2D eigenvalue weighted by Gasteiger charge is -2.12.